The molecule has 1 aromatic rings. The van der Waals surface area contributed by atoms with Gasteiger partial charge in [-0.3, -0.25) is 4.79 Å². The summed E-state index contributed by atoms with van der Waals surface area (Å²) in [7, 11) is 0. The zero-order valence-corrected chi connectivity index (χ0v) is 13.4. The first-order valence-corrected chi connectivity index (χ1v) is 7.76. The molecule has 20 heavy (non-hydrogen) atoms. The lowest BCUT2D eigenvalue weighted by atomic mass is 10.0. The van der Waals surface area contributed by atoms with E-state index in [9.17, 15) is 4.79 Å². The lowest BCUT2D eigenvalue weighted by molar-refractivity contribution is 0.0701. The monoisotopic (exact) mass is 294 g/mol. The van der Waals surface area contributed by atoms with Crippen molar-refractivity contribution in [3.05, 3.63) is 28.5 Å². The highest BCUT2D eigenvalue weighted by Gasteiger charge is 2.31. The van der Waals surface area contributed by atoms with Crippen molar-refractivity contribution in [2.75, 3.05) is 6.54 Å². The van der Waals surface area contributed by atoms with Gasteiger partial charge in [0, 0.05) is 23.8 Å². The van der Waals surface area contributed by atoms with Crippen LogP contribution in [0, 0.1) is 5.92 Å². The summed E-state index contributed by atoms with van der Waals surface area (Å²) >= 11 is 6.06. The highest BCUT2D eigenvalue weighted by molar-refractivity contribution is 6.29. The summed E-state index contributed by atoms with van der Waals surface area (Å²) in [4.78, 5) is 19.0. The third-order valence-electron chi connectivity index (χ3n) is 3.98. The summed E-state index contributed by atoms with van der Waals surface area (Å²) in [6.07, 6.45) is 2.18. The number of amides is 1. The minimum absolute atomic E-state index is 0.0902. The molecule has 110 valence electrons. The van der Waals surface area contributed by atoms with Gasteiger partial charge < -0.3 is 4.90 Å². The van der Waals surface area contributed by atoms with Crippen LogP contribution in [0.3, 0.4) is 0 Å². The van der Waals surface area contributed by atoms with Crippen molar-refractivity contribution in [1.29, 1.82) is 0 Å². The van der Waals surface area contributed by atoms with Gasteiger partial charge in [0.15, 0.2) is 0 Å². The zero-order chi connectivity index (χ0) is 14.9. The van der Waals surface area contributed by atoms with Crippen LogP contribution < -0.4 is 0 Å². The molecule has 1 aliphatic rings. The van der Waals surface area contributed by atoms with Crippen LogP contribution in [-0.2, 0) is 0 Å². The van der Waals surface area contributed by atoms with Crippen molar-refractivity contribution in [3.8, 4) is 0 Å². The van der Waals surface area contributed by atoms with Crippen LogP contribution in [0.1, 0.15) is 62.5 Å². The Labute approximate surface area is 126 Å². The molecular formula is C16H23ClN2O. The van der Waals surface area contributed by atoms with Crippen molar-refractivity contribution in [2.45, 2.75) is 52.5 Å². The molecule has 1 fully saturated rings. The number of pyridine rings is 1. The number of nitrogens with zero attached hydrogens (tertiary/aromatic N) is 2. The van der Waals surface area contributed by atoms with E-state index >= 15 is 0 Å². The van der Waals surface area contributed by atoms with Gasteiger partial charge >= 0.3 is 0 Å². The molecule has 0 bridgehead atoms. The number of halogens is 1. The topological polar surface area (TPSA) is 33.2 Å². The molecule has 0 saturated carbocycles. The molecule has 2 rings (SSSR count). The van der Waals surface area contributed by atoms with Crippen LogP contribution in [0.5, 0.6) is 0 Å². The van der Waals surface area contributed by atoms with E-state index in [2.05, 4.69) is 32.7 Å². The first kappa shape index (κ1) is 15.3. The molecule has 1 aliphatic heterocycles. The fourth-order valence-corrected chi connectivity index (χ4v) is 3.06. The Hall–Kier alpha value is -1.09. The quantitative estimate of drug-likeness (QED) is 0.786. The minimum Gasteiger partial charge on any atom is -0.335 e. The smallest absolute Gasteiger partial charge is 0.254 e. The van der Waals surface area contributed by atoms with Gasteiger partial charge in [0.1, 0.15) is 5.15 Å². The van der Waals surface area contributed by atoms with Crippen molar-refractivity contribution in [2.24, 2.45) is 5.92 Å². The summed E-state index contributed by atoms with van der Waals surface area (Å²) in [5.74, 6) is 0.843. The largest absolute Gasteiger partial charge is 0.335 e. The lowest BCUT2D eigenvalue weighted by Crippen LogP contribution is -2.38. The summed E-state index contributed by atoms with van der Waals surface area (Å²) < 4.78 is 0. The van der Waals surface area contributed by atoms with Gasteiger partial charge in [-0.25, -0.2) is 4.98 Å². The number of carbonyl (C=O) groups is 1. The molecule has 1 atom stereocenters. The van der Waals surface area contributed by atoms with Gasteiger partial charge in [-0.2, -0.15) is 0 Å². The molecule has 0 aromatic carbocycles. The van der Waals surface area contributed by atoms with Crippen molar-refractivity contribution in [3.63, 3.8) is 0 Å². The Bertz CT molecular complexity index is 499. The molecule has 4 heteroatoms. The maximum Gasteiger partial charge on any atom is 0.254 e. The Morgan fingerprint density at radius 2 is 2.05 bits per heavy atom. The predicted octanol–water partition coefficient (Wildman–Crippen LogP) is 4.12. The highest BCUT2D eigenvalue weighted by atomic mass is 35.5. The second kappa shape index (κ2) is 6.13. The molecule has 0 radical (unpaired) electrons. The maximum absolute atomic E-state index is 12.7. The highest BCUT2D eigenvalue weighted by Crippen LogP contribution is 2.27. The molecule has 3 nitrogen and oxygen atoms in total. The lowest BCUT2D eigenvalue weighted by Gasteiger charge is -2.28. The van der Waals surface area contributed by atoms with Crippen molar-refractivity contribution in [1.82, 2.24) is 9.88 Å². The number of aromatic nitrogens is 1. The number of carbonyl (C=O) groups excluding carboxylic acids is 1. The minimum atomic E-state index is 0.0902. The van der Waals surface area contributed by atoms with Crippen LogP contribution in [0.2, 0.25) is 5.15 Å². The summed E-state index contributed by atoms with van der Waals surface area (Å²) in [5.41, 5.74) is 1.54. The molecule has 1 saturated heterocycles. The summed E-state index contributed by atoms with van der Waals surface area (Å²) in [6, 6.07) is 3.91. The van der Waals surface area contributed by atoms with Gasteiger partial charge in [0.2, 0.25) is 0 Å². The number of hydrogen-bond acceptors (Lipinski definition) is 2. The fraction of sp³-hybridized carbons (Fsp3) is 0.625. The molecule has 1 amide bonds. The third kappa shape index (κ3) is 3.14. The van der Waals surface area contributed by atoms with Gasteiger partial charge in [-0.15, -0.1) is 0 Å². The number of likely N-dealkylation sites (tertiary alicyclic amines) is 1. The van der Waals surface area contributed by atoms with E-state index < -0.39 is 0 Å². The van der Waals surface area contributed by atoms with Crippen molar-refractivity contribution < 1.29 is 4.79 Å². The molecular weight excluding hydrogens is 272 g/mol. The predicted molar refractivity (Wildman–Crippen MR) is 82.2 cm³/mol. The van der Waals surface area contributed by atoms with Gasteiger partial charge in [0.05, 0.1) is 0 Å². The average molecular weight is 295 g/mol. The van der Waals surface area contributed by atoms with E-state index in [1.165, 1.54) is 0 Å². The maximum atomic E-state index is 12.7. The first-order valence-electron chi connectivity index (χ1n) is 7.38. The fourth-order valence-electron chi connectivity index (χ4n) is 2.84. The first-order chi connectivity index (χ1) is 9.40. The second-order valence-electron chi connectivity index (χ2n) is 6.21. The van der Waals surface area contributed by atoms with E-state index in [-0.39, 0.29) is 11.8 Å². The average Bonchev–Trinajstić information content (AvgIpc) is 2.86. The Balaban J connectivity index is 2.29. The molecule has 2 heterocycles. The Morgan fingerprint density at radius 3 is 2.65 bits per heavy atom. The van der Waals surface area contributed by atoms with E-state index in [0.717, 1.165) is 25.1 Å². The molecule has 1 unspecified atom stereocenters. The molecule has 1 aromatic heterocycles. The van der Waals surface area contributed by atoms with E-state index in [4.69, 9.17) is 11.6 Å². The third-order valence-corrected chi connectivity index (χ3v) is 4.18. The molecule has 0 spiro atoms. The van der Waals surface area contributed by atoms with Crippen LogP contribution in [0.15, 0.2) is 12.1 Å². The van der Waals surface area contributed by atoms with E-state index in [0.29, 0.717) is 22.7 Å². The zero-order valence-electron chi connectivity index (χ0n) is 12.7. The van der Waals surface area contributed by atoms with Crippen LogP contribution >= 0.6 is 11.6 Å². The van der Waals surface area contributed by atoms with Crippen LogP contribution in [0.4, 0.5) is 0 Å². The molecule has 0 aliphatic carbocycles. The number of rotatable bonds is 3. The van der Waals surface area contributed by atoms with E-state index in [1.54, 1.807) is 6.07 Å². The standard InChI is InChI=1S/C16H23ClN2O/c1-10(2)13-8-12(9-15(17)18-13)16(20)19-7-5-6-14(19)11(3)4/h8-11,14H,5-7H2,1-4H3. The second-order valence-corrected chi connectivity index (χ2v) is 6.60. The summed E-state index contributed by atoms with van der Waals surface area (Å²) in [5, 5.41) is 0.403. The normalized spacial score (nSPS) is 19.1. The van der Waals surface area contributed by atoms with Gasteiger partial charge in [-0.1, -0.05) is 39.3 Å². The molecule has 0 N–H and O–H groups in total. The Kier molecular flexibility index (Phi) is 4.69. The SMILES string of the molecule is CC(C)c1cc(C(=O)N2CCCC2C(C)C)cc(Cl)n1. The number of hydrogen-bond donors (Lipinski definition) is 0. The van der Waals surface area contributed by atoms with Crippen LogP contribution in [0.25, 0.3) is 0 Å². The van der Waals surface area contributed by atoms with Crippen molar-refractivity contribution >= 4 is 17.5 Å². The van der Waals surface area contributed by atoms with E-state index in [1.807, 2.05) is 11.0 Å². The Morgan fingerprint density at radius 1 is 1.35 bits per heavy atom. The van der Waals surface area contributed by atoms with Crippen LogP contribution in [-0.4, -0.2) is 28.4 Å². The van der Waals surface area contributed by atoms with Gasteiger partial charge in [0.25, 0.3) is 5.91 Å². The van der Waals surface area contributed by atoms with Gasteiger partial charge in [-0.05, 0) is 36.8 Å². The summed E-state index contributed by atoms with van der Waals surface area (Å²) in [6.45, 7) is 9.31.